The first-order valence-electron chi connectivity index (χ1n) is 6.82. The van der Waals surface area contributed by atoms with Gasteiger partial charge in [0.05, 0.1) is 5.92 Å². The Morgan fingerprint density at radius 3 is 2.63 bits per heavy atom. The molecule has 4 heteroatoms. The summed E-state index contributed by atoms with van der Waals surface area (Å²) in [5.74, 6) is -0.227. The summed E-state index contributed by atoms with van der Waals surface area (Å²) in [6, 6.07) is 0. The Labute approximate surface area is 113 Å². The molecular weight excluding hydrogens is 244 g/mol. The molecule has 1 saturated heterocycles. The minimum atomic E-state index is -0.200. The molecule has 3 atom stereocenters. The zero-order valence-corrected chi connectivity index (χ0v) is 11.7. The van der Waals surface area contributed by atoms with Crippen LogP contribution in [0, 0.1) is 11.8 Å². The van der Waals surface area contributed by atoms with Crippen molar-refractivity contribution < 1.29 is 19.1 Å². The standard InChI is InChI=1S/C15H20O4/c1-8-6-14-12(10(3)15(18)19-14)7-13(17)11(8)5-4-9(2)16/h10,12,14H,4-7H2,1-3H3/t10-,12?,14?/m0/s1. The van der Waals surface area contributed by atoms with Crippen molar-refractivity contribution in [1.29, 1.82) is 0 Å². The lowest BCUT2D eigenvalue weighted by atomic mass is 9.87. The summed E-state index contributed by atoms with van der Waals surface area (Å²) in [4.78, 5) is 34.9. The molecule has 2 aliphatic rings. The number of fused-ring (bicyclic) bond motifs is 1. The average molecular weight is 264 g/mol. The summed E-state index contributed by atoms with van der Waals surface area (Å²) in [7, 11) is 0. The Balaban J connectivity index is 2.18. The lowest BCUT2D eigenvalue weighted by Crippen LogP contribution is -2.20. The largest absolute Gasteiger partial charge is 0.461 e. The molecule has 0 aromatic rings. The monoisotopic (exact) mass is 264 g/mol. The number of hydrogen-bond acceptors (Lipinski definition) is 4. The number of carbonyl (C=O) groups is 3. The van der Waals surface area contributed by atoms with Crippen LogP contribution >= 0.6 is 0 Å². The molecule has 19 heavy (non-hydrogen) atoms. The van der Waals surface area contributed by atoms with Crippen molar-refractivity contribution in [3.8, 4) is 0 Å². The van der Waals surface area contributed by atoms with Crippen LogP contribution in [0.2, 0.25) is 0 Å². The predicted octanol–water partition coefficient (Wildman–Crippen LogP) is 2.21. The van der Waals surface area contributed by atoms with Gasteiger partial charge in [0.15, 0.2) is 5.78 Å². The number of rotatable bonds is 3. The topological polar surface area (TPSA) is 60.4 Å². The highest BCUT2D eigenvalue weighted by Gasteiger charge is 2.44. The summed E-state index contributed by atoms with van der Waals surface area (Å²) in [6.45, 7) is 5.28. The third-order valence-electron chi connectivity index (χ3n) is 4.27. The molecular formula is C15H20O4. The summed E-state index contributed by atoms with van der Waals surface area (Å²) >= 11 is 0. The van der Waals surface area contributed by atoms with Gasteiger partial charge in [-0.1, -0.05) is 12.5 Å². The number of ether oxygens (including phenoxy) is 1. The molecule has 0 aromatic carbocycles. The second kappa shape index (κ2) is 5.27. The van der Waals surface area contributed by atoms with Crippen molar-refractivity contribution in [3.63, 3.8) is 0 Å². The maximum absolute atomic E-state index is 12.3. The summed E-state index contributed by atoms with van der Waals surface area (Å²) in [6.07, 6.45) is 1.74. The van der Waals surface area contributed by atoms with Crippen LogP contribution in [0.1, 0.15) is 46.5 Å². The van der Waals surface area contributed by atoms with Crippen molar-refractivity contribution in [2.45, 2.75) is 52.6 Å². The molecule has 0 amide bonds. The van der Waals surface area contributed by atoms with Crippen LogP contribution in [0.5, 0.6) is 0 Å². The van der Waals surface area contributed by atoms with Gasteiger partial charge < -0.3 is 9.53 Å². The molecule has 0 aromatic heterocycles. The van der Waals surface area contributed by atoms with Gasteiger partial charge in [-0.15, -0.1) is 0 Å². The van der Waals surface area contributed by atoms with Crippen molar-refractivity contribution in [2.24, 2.45) is 11.8 Å². The maximum atomic E-state index is 12.3. The molecule has 1 heterocycles. The first-order chi connectivity index (χ1) is 8.90. The highest BCUT2D eigenvalue weighted by Crippen LogP contribution is 2.38. The second-order valence-electron chi connectivity index (χ2n) is 5.72. The van der Waals surface area contributed by atoms with Crippen LogP contribution in [0.3, 0.4) is 0 Å². The van der Waals surface area contributed by atoms with Crippen molar-refractivity contribution in [2.75, 3.05) is 0 Å². The lowest BCUT2D eigenvalue weighted by molar-refractivity contribution is -0.143. The van der Waals surface area contributed by atoms with E-state index in [-0.39, 0.29) is 35.5 Å². The van der Waals surface area contributed by atoms with Gasteiger partial charge in [-0.3, -0.25) is 9.59 Å². The van der Waals surface area contributed by atoms with Gasteiger partial charge in [-0.2, -0.15) is 0 Å². The van der Waals surface area contributed by atoms with E-state index in [4.69, 9.17) is 4.74 Å². The minimum Gasteiger partial charge on any atom is -0.461 e. The molecule has 0 N–H and O–H groups in total. The average Bonchev–Trinajstić information content (AvgIpc) is 2.51. The quantitative estimate of drug-likeness (QED) is 0.733. The van der Waals surface area contributed by atoms with E-state index in [9.17, 15) is 14.4 Å². The van der Waals surface area contributed by atoms with Crippen LogP contribution in [0.4, 0.5) is 0 Å². The zero-order valence-electron chi connectivity index (χ0n) is 11.7. The predicted molar refractivity (Wildman–Crippen MR) is 69.4 cm³/mol. The summed E-state index contributed by atoms with van der Waals surface area (Å²) < 4.78 is 5.36. The van der Waals surface area contributed by atoms with Gasteiger partial charge in [-0.05, 0) is 25.8 Å². The summed E-state index contributed by atoms with van der Waals surface area (Å²) in [5, 5.41) is 0. The van der Waals surface area contributed by atoms with Gasteiger partial charge >= 0.3 is 5.97 Å². The number of allylic oxidation sites excluding steroid dienone is 1. The smallest absolute Gasteiger partial charge is 0.309 e. The fourth-order valence-corrected chi connectivity index (χ4v) is 3.00. The van der Waals surface area contributed by atoms with E-state index in [0.717, 1.165) is 11.1 Å². The Kier molecular flexibility index (Phi) is 3.88. The molecule has 1 fully saturated rings. The highest BCUT2D eigenvalue weighted by atomic mass is 16.6. The van der Waals surface area contributed by atoms with E-state index >= 15 is 0 Å². The van der Waals surface area contributed by atoms with E-state index in [1.165, 1.54) is 6.92 Å². The molecule has 0 bridgehead atoms. The molecule has 0 saturated carbocycles. The van der Waals surface area contributed by atoms with Gasteiger partial charge in [-0.25, -0.2) is 0 Å². The third kappa shape index (κ3) is 2.77. The van der Waals surface area contributed by atoms with Gasteiger partial charge in [0.1, 0.15) is 11.9 Å². The van der Waals surface area contributed by atoms with E-state index < -0.39 is 0 Å². The fraction of sp³-hybridized carbons (Fsp3) is 0.667. The first-order valence-corrected chi connectivity index (χ1v) is 6.82. The Hall–Kier alpha value is -1.45. The normalized spacial score (nSPS) is 31.0. The maximum Gasteiger partial charge on any atom is 0.309 e. The van der Waals surface area contributed by atoms with Gasteiger partial charge in [0.2, 0.25) is 0 Å². The van der Waals surface area contributed by atoms with E-state index in [0.29, 0.717) is 25.7 Å². The van der Waals surface area contributed by atoms with Gasteiger partial charge in [0, 0.05) is 25.2 Å². The van der Waals surface area contributed by atoms with Crippen molar-refractivity contribution >= 4 is 17.5 Å². The van der Waals surface area contributed by atoms with Crippen molar-refractivity contribution in [1.82, 2.24) is 0 Å². The highest BCUT2D eigenvalue weighted by molar-refractivity contribution is 5.97. The molecule has 1 aliphatic heterocycles. The van der Waals surface area contributed by atoms with E-state index in [1.54, 1.807) is 0 Å². The van der Waals surface area contributed by atoms with E-state index in [2.05, 4.69) is 0 Å². The molecule has 0 spiro atoms. The summed E-state index contributed by atoms with van der Waals surface area (Å²) in [5.41, 5.74) is 1.74. The first kappa shape index (κ1) is 14.0. The molecule has 1 aliphatic carbocycles. The molecule has 104 valence electrons. The van der Waals surface area contributed by atoms with Crippen LogP contribution in [0.15, 0.2) is 11.1 Å². The minimum absolute atomic E-state index is 0.00946. The number of hydrogen-bond donors (Lipinski definition) is 0. The van der Waals surface area contributed by atoms with Crippen LogP contribution in [-0.2, 0) is 19.1 Å². The van der Waals surface area contributed by atoms with Crippen LogP contribution in [-0.4, -0.2) is 23.6 Å². The zero-order chi connectivity index (χ0) is 14.2. The molecule has 2 rings (SSSR count). The lowest BCUT2D eigenvalue weighted by Gasteiger charge is -2.15. The molecule has 0 radical (unpaired) electrons. The number of carbonyl (C=O) groups excluding carboxylic acids is 3. The Morgan fingerprint density at radius 1 is 1.32 bits per heavy atom. The second-order valence-corrected chi connectivity index (χ2v) is 5.72. The van der Waals surface area contributed by atoms with Crippen molar-refractivity contribution in [3.05, 3.63) is 11.1 Å². The van der Waals surface area contributed by atoms with Crippen LogP contribution in [0.25, 0.3) is 0 Å². The Morgan fingerprint density at radius 2 is 2.00 bits per heavy atom. The van der Waals surface area contributed by atoms with E-state index in [1.807, 2.05) is 13.8 Å². The van der Waals surface area contributed by atoms with Crippen LogP contribution < -0.4 is 0 Å². The SMILES string of the molecule is CC(=O)CCC1=C(C)CC2OC(=O)[C@@H](C)C2CC1=O. The third-order valence-corrected chi connectivity index (χ3v) is 4.27. The number of Topliss-reactive ketones (excluding diaryl/α,β-unsaturated/α-hetero) is 2. The fourth-order valence-electron chi connectivity index (χ4n) is 3.00. The number of ketones is 2. The molecule has 2 unspecified atom stereocenters. The molecule has 4 nitrogen and oxygen atoms in total. The number of esters is 1. The van der Waals surface area contributed by atoms with Gasteiger partial charge in [0.25, 0.3) is 0 Å². The Bertz CT molecular complexity index is 461.